The van der Waals surface area contributed by atoms with Crippen LogP contribution in [0.4, 0.5) is 0 Å². The molecule has 76 valence electrons. The van der Waals surface area contributed by atoms with Crippen molar-refractivity contribution in [3.8, 4) is 0 Å². The van der Waals surface area contributed by atoms with E-state index in [4.69, 9.17) is 0 Å². The van der Waals surface area contributed by atoms with E-state index >= 15 is 0 Å². The van der Waals surface area contributed by atoms with Gasteiger partial charge >= 0.3 is 0 Å². The molecule has 1 rings (SSSR count). The van der Waals surface area contributed by atoms with Crippen LogP contribution in [-0.2, 0) is 0 Å². The van der Waals surface area contributed by atoms with Gasteiger partial charge in [0.25, 0.3) is 0 Å². The summed E-state index contributed by atoms with van der Waals surface area (Å²) >= 11 is 0. The third-order valence-corrected chi connectivity index (χ3v) is 2.46. The van der Waals surface area contributed by atoms with Gasteiger partial charge in [0.1, 0.15) is 0 Å². The Kier molecular flexibility index (Phi) is 5.06. The summed E-state index contributed by atoms with van der Waals surface area (Å²) in [6, 6.07) is 8.51. The molecule has 0 radical (unpaired) electrons. The summed E-state index contributed by atoms with van der Waals surface area (Å²) in [7, 11) is 0. The van der Waals surface area contributed by atoms with Crippen molar-refractivity contribution < 1.29 is 0 Å². The van der Waals surface area contributed by atoms with Crippen molar-refractivity contribution in [1.29, 1.82) is 0 Å². The predicted octanol–water partition coefficient (Wildman–Crippen LogP) is 4.59. The van der Waals surface area contributed by atoms with Crippen LogP contribution in [0.5, 0.6) is 0 Å². The predicted molar refractivity (Wildman–Crippen MR) is 64.4 cm³/mol. The van der Waals surface area contributed by atoms with Gasteiger partial charge in [-0.15, -0.1) is 0 Å². The Balaban J connectivity index is 2.40. The molecule has 0 amide bonds. The van der Waals surface area contributed by atoms with Gasteiger partial charge in [-0.05, 0) is 30.9 Å². The molecule has 1 aromatic rings. The number of benzene rings is 1. The van der Waals surface area contributed by atoms with E-state index < -0.39 is 0 Å². The first-order valence-electron chi connectivity index (χ1n) is 5.56. The number of hydrogen-bond donors (Lipinski definition) is 0. The summed E-state index contributed by atoms with van der Waals surface area (Å²) in [5, 5.41) is 0. The number of aryl methyl sites for hydroxylation is 1. The van der Waals surface area contributed by atoms with Gasteiger partial charge in [0.05, 0.1) is 0 Å². The average Bonchev–Trinajstić information content (AvgIpc) is 2.20. The fraction of sp³-hybridized carbons (Fsp3) is 0.429. The summed E-state index contributed by atoms with van der Waals surface area (Å²) < 4.78 is 0. The highest BCUT2D eigenvalue weighted by Gasteiger charge is 1.89. The minimum absolute atomic E-state index is 1.21. The highest BCUT2D eigenvalue weighted by molar-refractivity contribution is 5.53. The van der Waals surface area contributed by atoms with Crippen LogP contribution in [0.15, 0.2) is 30.3 Å². The van der Waals surface area contributed by atoms with Crippen molar-refractivity contribution in [2.75, 3.05) is 0 Å². The molecule has 0 heterocycles. The maximum absolute atomic E-state index is 2.29. The van der Waals surface area contributed by atoms with Crippen molar-refractivity contribution in [2.24, 2.45) is 0 Å². The van der Waals surface area contributed by atoms with Crippen molar-refractivity contribution in [3.63, 3.8) is 0 Å². The molecule has 0 nitrogen and oxygen atoms in total. The largest absolute Gasteiger partial charge is 0.0839 e. The van der Waals surface area contributed by atoms with Gasteiger partial charge in [0.2, 0.25) is 0 Å². The number of hydrogen-bond acceptors (Lipinski definition) is 0. The van der Waals surface area contributed by atoms with E-state index in [1.54, 1.807) is 0 Å². The number of unbranched alkanes of at least 4 members (excludes halogenated alkanes) is 3. The normalized spacial score (nSPS) is 11.0. The second-order valence-electron chi connectivity index (χ2n) is 3.75. The summed E-state index contributed by atoms with van der Waals surface area (Å²) in [6.07, 6.45) is 9.71. The summed E-state index contributed by atoms with van der Waals surface area (Å²) in [5.74, 6) is 0. The van der Waals surface area contributed by atoms with Crippen molar-refractivity contribution in [1.82, 2.24) is 0 Å². The Hall–Kier alpha value is -1.04. The van der Waals surface area contributed by atoms with E-state index in [9.17, 15) is 0 Å². The van der Waals surface area contributed by atoms with Crippen LogP contribution in [0.3, 0.4) is 0 Å². The third kappa shape index (κ3) is 3.78. The number of allylic oxidation sites excluding steroid dienone is 1. The van der Waals surface area contributed by atoms with E-state index in [1.165, 1.54) is 36.8 Å². The van der Waals surface area contributed by atoms with Gasteiger partial charge in [-0.1, -0.05) is 56.2 Å². The molecule has 0 aliphatic rings. The van der Waals surface area contributed by atoms with Crippen molar-refractivity contribution in [3.05, 3.63) is 41.5 Å². The molecule has 0 fully saturated rings. The Morgan fingerprint density at radius 2 is 1.93 bits per heavy atom. The zero-order chi connectivity index (χ0) is 10.2. The van der Waals surface area contributed by atoms with Gasteiger partial charge in [-0.25, -0.2) is 0 Å². The molecule has 14 heavy (non-hydrogen) atoms. The van der Waals surface area contributed by atoms with Crippen LogP contribution in [-0.4, -0.2) is 0 Å². The smallest absolute Gasteiger partial charge is 0.0231 e. The first kappa shape index (κ1) is 11.0. The molecule has 0 heteroatoms. The van der Waals surface area contributed by atoms with Crippen LogP contribution < -0.4 is 0 Å². The van der Waals surface area contributed by atoms with Crippen LogP contribution in [0.25, 0.3) is 6.08 Å². The molecule has 0 atom stereocenters. The summed E-state index contributed by atoms with van der Waals surface area (Å²) in [4.78, 5) is 0. The fourth-order valence-corrected chi connectivity index (χ4v) is 1.50. The van der Waals surface area contributed by atoms with Gasteiger partial charge in [0.15, 0.2) is 0 Å². The second kappa shape index (κ2) is 6.42. The Morgan fingerprint density at radius 1 is 1.14 bits per heavy atom. The summed E-state index contributed by atoms with van der Waals surface area (Å²) in [5.41, 5.74) is 2.71. The molecule has 1 aromatic carbocycles. The zero-order valence-electron chi connectivity index (χ0n) is 9.29. The molecule has 0 aliphatic heterocycles. The molecule has 0 N–H and O–H groups in total. The maximum Gasteiger partial charge on any atom is -0.0231 e. The lowest BCUT2D eigenvalue weighted by atomic mass is 10.1. The molecular weight excluding hydrogens is 168 g/mol. The van der Waals surface area contributed by atoms with Crippen LogP contribution in [0.1, 0.15) is 43.7 Å². The molecule has 0 unspecified atom stereocenters. The Labute approximate surface area is 87.7 Å². The lowest BCUT2D eigenvalue weighted by Gasteiger charge is -1.98. The molecule has 0 saturated carbocycles. The van der Waals surface area contributed by atoms with Gasteiger partial charge in [0, 0.05) is 0 Å². The van der Waals surface area contributed by atoms with Gasteiger partial charge < -0.3 is 0 Å². The molecule has 0 aliphatic carbocycles. The second-order valence-corrected chi connectivity index (χ2v) is 3.75. The SMILES string of the molecule is CCCCC/C=C\c1ccccc1C. The minimum Gasteiger partial charge on any atom is -0.0839 e. The van der Waals surface area contributed by atoms with Crippen LogP contribution >= 0.6 is 0 Å². The molecule has 0 aromatic heterocycles. The lowest BCUT2D eigenvalue weighted by Crippen LogP contribution is -1.78. The molecule has 0 saturated heterocycles. The zero-order valence-corrected chi connectivity index (χ0v) is 9.29. The average molecular weight is 188 g/mol. The minimum atomic E-state index is 1.21. The van der Waals surface area contributed by atoms with Gasteiger partial charge in [-0.3, -0.25) is 0 Å². The van der Waals surface area contributed by atoms with Crippen LogP contribution in [0, 0.1) is 6.92 Å². The monoisotopic (exact) mass is 188 g/mol. The first-order valence-corrected chi connectivity index (χ1v) is 5.56. The highest BCUT2D eigenvalue weighted by Crippen LogP contribution is 2.10. The Bertz CT molecular complexity index is 284. The first-order chi connectivity index (χ1) is 6.84. The van der Waals surface area contributed by atoms with Crippen molar-refractivity contribution in [2.45, 2.75) is 39.5 Å². The maximum atomic E-state index is 2.29. The Morgan fingerprint density at radius 3 is 2.64 bits per heavy atom. The fourth-order valence-electron chi connectivity index (χ4n) is 1.50. The molecular formula is C14H20. The molecule has 0 spiro atoms. The molecule has 0 bridgehead atoms. The van der Waals surface area contributed by atoms with Crippen molar-refractivity contribution >= 4 is 6.08 Å². The standard InChI is InChI=1S/C14H20/c1-3-4-5-6-7-11-14-12-9-8-10-13(14)2/h7-12H,3-6H2,1-2H3/b11-7-. The third-order valence-electron chi connectivity index (χ3n) is 2.46. The van der Waals surface area contributed by atoms with Crippen LogP contribution in [0.2, 0.25) is 0 Å². The van der Waals surface area contributed by atoms with E-state index in [2.05, 4.69) is 50.3 Å². The quantitative estimate of drug-likeness (QED) is 0.593. The lowest BCUT2D eigenvalue weighted by molar-refractivity contribution is 0.730. The summed E-state index contributed by atoms with van der Waals surface area (Å²) in [6.45, 7) is 4.40. The number of rotatable bonds is 5. The van der Waals surface area contributed by atoms with E-state index in [-0.39, 0.29) is 0 Å². The highest BCUT2D eigenvalue weighted by atomic mass is 14.0. The van der Waals surface area contributed by atoms with E-state index in [0.717, 1.165) is 0 Å². The van der Waals surface area contributed by atoms with E-state index in [1.807, 2.05) is 0 Å². The van der Waals surface area contributed by atoms with E-state index in [0.29, 0.717) is 0 Å². The van der Waals surface area contributed by atoms with Gasteiger partial charge in [-0.2, -0.15) is 0 Å². The topological polar surface area (TPSA) is 0 Å².